The molecule has 1 rings (SSSR count). The van der Waals surface area contributed by atoms with E-state index in [1.54, 1.807) is 0 Å². The first-order valence-electron chi connectivity index (χ1n) is 4.68. The molecule has 0 fully saturated rings. The lowest BCUT2D eigenvalue weighted by atomic mass is 9.85. The molecule has 0 radical (unpaired) electrons. The maximum Gasteiger partial charge on any atom is 0.121 e. The van der Waals surface area contributed by atoms with Crippen molar-refractivity contribution in [1.29, 1.82) is 0 Å². The van der Waals surface area contributed by atoms with E-state index in [0.29, 0.717) is 5.54 Å². The standard InChI is InChI=1S/C11H20N.ClH/c1-5-11(12(2,3)4)9-7-6-8-10-11;/h6-9H,5,10H2,1-4H3;1H/q+1;/p-1/t11-;/m1./s1. The van der Waals surface area contributed by atoms with E-state index >= 15 is 0 Å². The molecule has 0 saturated carbocycles. The third-order valence-electron chi connectivity index (χ3n) is 3.07. The van der Waals surface area contributed by atoms with Crippen LogP contribution in [0, 0.1) is 0 Å². The van der Waals surface area contributed by atoms with E-state index in [4.69, 9.17) is 0 Å². The van der Waals surface area contributed by atoms with E-state index in [2.05, 4.69) is 52.4 Å². The minimum atomic E-state index is 0. The first-order valence-corrected chi connectivity index (χ1v) is 4.68. The average molecular weight is 202 g/mol. The summed E-state index contributed by atoms with van der Waals surface area (Å²) in [6, 6.07) is 0. The van der Waals surface area contributed by atoms with Crippen LogP contribution in [0.5, 0.6) is 0 Å². The Hall–Kier alpha value is -0.270. The van der Waals surface area contributed by atoms with Crippen molar-refractivity contribution >= 4 is 0 Å². The van der Waals surface area contributed by atoms with Gasteiger partial charge in [-0.3, -0.25) is 0 Å². The summed E-state index contributed by atoms with van der Waals surface area (Å²) in [5.74, 6) is 0. The molecule has 0 amide bonds. The van der Waals surface area contributed by atoms with E-state index in [0.717, 1.165) is 4.48 Å². The molecular formula is C11H20ClN. The fraction of sp³-hybridized carbons (Fsp3) is 0.636. The summed E-state index contributed by atoms with van der Waals surface area (Å²) < 4.78 is 1.02. The van der Waals surface area contributed by atoms with Crippen molar-refractivity contribution in [2.24, 2.45) is 0 Å². The minimum Gasteiger partial charge on any atom is -1.00 e. The van der Waals surface area contributed by atoms with Gasteiger partial charge in [0.25, 0.3) is 0 Å². The number of nitrogens with zero attached hydrogens (tertiary/aromatic N) is 1. The highest BCUT2D eigenvalue weighted by Crippen LogP contribution is 2.31. The van der Waals surface area contributed by atoms with E-state index < -0.39 is 0 Å². The Morgan fingerprint density at radius 1 is 1.23 bits per heavy atom. The van der Waals surface area contributed by atoms with Gasteiger partial charge in [0.05, 0.1) is 21.1 Å². The topological polar surface area (TPSA) is 0 Å². The maximum absolute atomic E-state index is 2.35. The second-order valence-electron chi connectivity index (χ2n) is 4.46. The lowest BCUT2D eigenvalue weighted by Crippen LogP contribution is -3.00. The van der Waals surface area contributed by atoms with Crippen LogP contribution in [0.15, 0.2) is 24.3 Å². The Labute approximate surface area is 88.1 Å². The SMILES string of the molecule is CC[C@@]1([N+](C)(C)C)C=CC=CC1.[Cl-]. The van der Waals surface area contributed by atoms with Gasteiger partial charge in [-0.15, -0.1) is 0 Å². The van der Waals surface area contributed by atoms with Crippen LogP contribution < -0.4 is 12.4 Å². The number of hydrogen-bond acceptors (Lipinski definition) is 0. The van der Waals surface area contributed by atoms with Gasteiger partial charge < -0.3 is 16.9 Å². The number of allylic oxidation sites excluding steroid dienone is 2. The molecule has 0 N–H and O–H groups in total. The number of hydrogen-bond donors (Lipinski definition) is 0. The van der Waals surface area contributed by atoms with Gasteiger partial charge in [0.2, 0.25) is 0 Å². The second kappa shape index (κ2) is 4.30. The number of likely N-dealkylation sites (N-methyl/N-ethyl adjacent to an activating group) is 1. The molecule has 0 spiro atoms. The first-order chi connectivity index (χ1) is 5.52. The smallest absolute Gasteiger partial charge is 0.121 e. The van der Waals surface area contributed by atoms with Crippen molar-refractivity contribution in [2.75, 3.05) is 21.1 Å². The van der Waals surface area contributed by atoms with Crippen LogP contribution >= 0.6 is 0 Å². The number of halogens is 1. The fourth-order valence-corrected chi connectivity index (χ4v) is 1.89. The van der Waals surface area contributed by atoms with Crippen molar-refractivity contribution in [3.05, 3.63) is 24.3 Å². The molecule has 13 heavy (non-hydrogen) atoms. The van der Waals surface area contributed by atoms with E-state index in [9.17, 15) is 0 Å². The molecule has 0 saturated heterocycles. The van der Waals surface area contributed by atoms with Crippen molar-refractivity contribution in [2.45, 2.75) is 25.3 Å². The van der Waals surface area contributed by atoms with Gasteiger partial charge in [-0.1, -0.05) is 25.2 Å². The van der Waals surface area contributed by atoms with Gasteiger partial charge in [0.1, 0.15) is 5.54 Å². The number of quaternary nitrogens is 1. The van der Waals surface area contributed by atoms with Crippen molar-refractivity contribution in [1.82, 2.24) is 0 Å². The lowest BCUT2D eigenvalue weighted by molar-refractivity contribution is -0.916. The Kier molecular flexibility index (Phi) is 4.21. The molecule has 2 heteroatoms. The van der Waals surface area contributed by atoms with Gasteiger partial charge in [0.15, 0.2) is 0 Å². The highest BCUT2D eigenvalue weighted by atomic mass is 35.5. The predicted molar refractivity (Wildman–Crippen MR) is 54.0 cm³/mol. The van der Waals surface area contributed by atoms with E-state index in [-0.39, 0.29) is 12.4 Å². The zero-order chi connectivity index (χ0) is 9.24. The summed E-state index contributed by atoms with van der Waals surface area (Å²) in [6.07, 6.45) is 11.3. The predicted octanol–water partition coefficient (Wildman–Crippen LogP) is -0.638. The molecule has 1 atom stereocenters. The summed E-state index contributed by atoms with van der Waals surface area (Å²) in [4.78, 5) is 0. The third-order valence-corrected chi connectivity index (χ3v) is 3.07. The number of rotatable bonds is 2. The van der Waals surface area contributed by atoms with Crippen LogP contribution in [0.4, 0.5) is 0 Å². The molecule has 1 nitrogen and oxygen atoms in total. The van der Waals surface area contributed by atoms with Crippen molar-refractivity contribution < 1.29 is 16.9 Å². The molecule has 0 aromatic heterocycles. The van der Waals surface area contributed by atoms with Crippen LogP contribution in [0.1, 0.15) is 19.8 Å². The highest BCUT2D eigenvalue weighted by molar-refractivity contribution is 5.18. The van der Waals surface area contributed by atoms with Gasteiger partial charge in [-0.2, -0.15) is 0 Å². The van der Waals surface area contributed by atoms with Crippen LogP contribution in [0.2, 0.25) is 0 Å². The van der Waals surface area contributed by atoms with Crippen molar-refractivity contribution in [3.63, 3.8) is 0 Å². The molecular weight excluding hydrogens is 182 g/mol. The second-order valence-corrected chi connectivity index (χ2v) is 4.46. The normalized spacial score (nSPS) is 27.1. The third kappa shape index (κ3) is 2.35. The molecule has 1 aliphatic rings. The van der Waals surface area contributed by atoms with E-state index in [1.807, 2.05) is 0 Å². The van der Waals surface area contributed by atoms with Crippen LogP contribution in [-0.2, 0) is 0 Å². The fourth-order valence-electron chi connectivity index (χ4n) is 1.89. The molecule has 0 heterocycles. The Morgan fingerprint density at radius 2 is 1.85 bits per heavy atom. The Balaban J connectivity index is 0.00000144. The molecule has 0 aromatic carbocycles. The first kappa shape index (κ1) is 12.7. The lowest BCUT2D eigenvalue weighted by Gasteiger charge is -2.44. The quantitative estimate of drug-likeness (QED) is 0.522. The summed E-state index contributed by atoms with van der Waals surface area (Å²) in [5, 5.41) is 0. The van der Waals surface area contributed by atoms with Gasteiger partial charge in [-0.05, 0) is 6.08 Å². The summed E-state index contributed by atoms with van der Waals surface area (Å²) in [6.45, 7) is 2.27. The molecule has 0 unspecified atom stereocenters. The molecule has 0 aromatic rings. The summed E-state index contributed by atoms with van der Waals surface area (Å²) >= 11 is 0. The maximum atomic E-state index is 2.35. The minimum absolute atomic E-state index is 0. The van der Waals surface area contributed by atoms with Gasteiger partial charge in [-0.25, -0.2) is 0 Å². The van der Waals surface area contributed by atoms with E-state index in [1.165, 1.54) is 12.8 Å². The van der Waals surface area contributed by atoms with Gasteiger partial charge >= 0.3 is 0 Å². The monoisotopic (exact) mass is 201 g/mol. The molecule has 76 valence electrons. The molecule has 0 aliphatic heterocycles. The largest absolute Gasteiger partial charge is 1.00 e. The molecule has 0 bridgehead atoms. The average Bonchev–Trinajstić information content (AvgIpc) is 2.04. The Bertz CT molecular complexity index is 213. The van der Waals surface area contributed by atoms with Crippen LogP contribution in [0.3, 0.4) is 0 Å². The Morgan fingerprint density at radius 3 is 2.08 bits per heavy atom. The zero-order valence-electron chi connectivity index (χ0n) is 9.05. The molecule has 1 aliphatic carbocycles. The highest BCUT2D eigenvalue weighted by Gasteiger charge is 2.38. The summed E-state index contributed by atoms with van der Waals surface area (Å²) in [5.41, 5.74) is 0.328. The van der Waals surface area contributed by atoms with Crippen molar-refractivity contribution in [3.8, 4) is 0 Å². The van der Waals surface area contributed by atoms with Crippen LogP contribution in [0.25, 0.3) is 0 Å². The summed E-state index contributed by atoms with van der Waals surface area (Å²) in [7, 11) is 6.81. The van der Waals surface area contributed by atoms with Crippen LogP contribution in [-0.4, -0.2) is 31.2 Å². The zero-order valence-corrected chi connectivity index (χ0v) is 9.80. The van der Waals surface area contributed by atoms with Gasteiger partial charge in [0, 0.05) is 12.8 Å².